The van der Waals surface area contributed by atoms with Gasteiger partial charge in [0.1, 0.15) is 22.9 Å². The number of rotatable bonds is 5. The molecule has 2 heterocycles. The molecule has 4 aromatic rings. The molecule has 6 heteroatoms. The van der Waals surface area contributed by atoms with Crippen molar-refractivity contribution in [2.24, 2.45) is 5.92 Å². The molecule has 0 atom stereocenters. The Hall–Kier alpha value is -3.41. The molecule has 0 radical (unpaired) electrons. The summed E-state index contributed by atoms with van der Waals surface area (Å²) in [6.07, 6.45) is 4.14. The van der Waals surface area contributed by atoms with Crippen LogP contribution in [0.4, 0.5) is 8.78 Å². The Bertz CT molecular complexity index is 1190. The van der Waals surface area contributed by atoms with Crippen LogP contribution in [0.2, 0.25) is 0 Å². The van der Waals surface area contributed by atoms with E-state index in [4.69, 9.17) is 14.7 Å². The highest BCUT2D eigenvalue weighted by Crippen LogP contribution is 2.35. The fourth-order valence-corrected chi connectivity index (χ4v) is 3.47. The van der Waals surface area contributed by atoms with Crippen molar-refractivity contribution in [2.45, 2.75) is 20.3 Å². The number of halogens is 2. The van der Waals surface area contributed by atoms with Crippen molar-refractivity contribution in [2.75, 3.05) is 7.11 Å². The van der Waals surface area contributed by atoms with Gasteiger partial charge in [-0.3, -0.25) is 4.98 Å². The zero-order valence-electron chi connectivity index (χ0n) is 17.0. The van der Waals surface area contributed by atoms with Gasteiger partial charge in [-0.2, -0.15) is 0 Å². The third-order valence-electron chi connectivity index (χ3n) is 4.78. The van der Waals surface area contributed by atoms with E-state index in [1.165, 1.54) is 12.1 Å². The number of ether oxygens (including phenoxy) is 1. The van der Waals surface area contributed by atoms with Gasteiger partial charge in [-0.1, -0.05) is 13.8 Å². The topological polar surface area (TPSA) is 47.9 Å². The number of aromatic nitrogens is 3. The molecule has 4 rings (SSSR count). The molecule has 0 saturated carbocycles. The molecule has 0 aliphatic carbocycles. The zero-order chi connectivity index (χ0) is 21.3. The molecule has 2 aromatic carbocycles. The van der Waals surface area contributed by atoms with Crippen LogP contribution in [0.3, 0.4) is 0 Å². The first-order valence-electron chi connectivity index (χ1n) is 9.70. The summed E-state index contributed by atoms with van der Waals surface area (Å²) >= 11 is 0. The minimum Gasteiger partial charge on any atom is -0.494 e. The maximum absolute atomic E-state index is 13.8. The van der Waals surface area contributed by atoms with E-state index in [1.807, 2.05) is 18.2 Å². The van der Waals surface area contributed by atoms with Gasteiger partial charge in [0.25, 0.3) is 0 Å². The van der Waals surface area contributed by atoms with Crippen LogP contribution < -0.4 is 4.74 Å². The number of pyridine rings is 1. The molecule has 152 valence electrons. The molecule has 0 aliphatic heterocycles. The van der Waals surface area contributed by atoms with Crippen molar-refractivity contribution in [3.05, 3.63) is 72.2 Å². The standard InChI is InChI=1S/C24H21F2N3O/c1-14(2)7-21-20-10-17(16-8-18(25)12-19(26)9-16)11-22(30-3)23(20)29-24(28-21)15-5-4-6-27-13-15/h4-6,8-14H,7H2,1-3H3. The summed E-state index contributed by atoms with van der Waals surface area (Å²) in [6.45, 7) is 4.22. The second-order valence-electron chi connectivity index (χ2n) is 7.57. The van der Waals surface area contributed by atoms with Gasteiger partial charge in [0.2, 0.25) is 0 Å². The average Bonchev–Trinajstić information content (AvgIpc) is 2.72. The third-order valence-corrected chi connectivity index (χ3v) is 4.78. The summed E-state index contributed by atoms with van der Waals surface area (Å²) in [7, 11) is 1.55. The van der Waals surface area contributed by atoms with Crippen molar-refractivity contribution in [1.82, 2.24) is 15.0 Å². The van der Waals surface area contributed by atoms with Crippen molar-refractivity contribution in [1.29, 1.82) is 0 Å². The highest BCUT2D eigenvalue weighted by atomic mass is 19.1. The van der Waals surface area contributed by atoms with Crippen molar-refractivity contribution in [3.8, 4) is 28.3 Å². The molecule has 0 saturated heterocycles. The minimum atomic E-state index is -0.630. The molecular weight excluding hydrogens is 384 g/mol. The summed E-state index contributed by atoms with van der Waals surface area (Å²) < 4.78 is 33.2. The Kier molecular flexibility index (Phi) is 5.40. The van der Waals surface area contributed by atoms with Crippen molar-refractivity contribution >= 4 is 10.9 Å². The number of methoxy groups -OCH3 is 1. The van der Waals surface area contributed by atoms with Crippen molar-refractivity contribution in [3.63, 3.8) is 0 Å². The van der Waals surface area contributed by atoms with E-state index < -0.39 is 11.6 Å². The number of hydrogen-bond acceptors (Lipinski definition) is 4. The number of fused-ring (bicyclic) bond motifs is 1. The Balaban J connectivity index is 1.99. The maximum atomic E-state index is 13.8. The molecule has 0 amide bonds. The molecule has 4 nitrogen and oxygen atoms in total. The van der Waals surface area contributed by atoms with Gasteiger partial charge in [0, 0.05) is 29.4 Å². The number of nitrogens with zero attached hydrogens (tertiary/aromatic N) is 3. The summed E-state index contributed by atoms with van der Waals surface area (Å²) in [5, 5.41) is 0.801. The first-order valence-corrected chi connectivity index (χ1v) is 9.70. The Morgan fingerprint density at radius 3 is 2.30 bits per heavy atom. The molecule has 0 unspecified atom stereocenters. The fraction of sp³-hybridized carbons (Fsp3) is 0.208. The lowest BCUT2D eigenvalue weighted by Crippen LogP contribution is -2.04. The Morgan fingerprint density at radius 2 is 1.67 bits per heavy atom. The maximum Gasteiger partial charge on any atom is 0.161 e. The lowest BCUT2D eigenvalue weighted by molar-refractivity contribution is 0.419. The van der Waals surface area contributed by atoms with E-state index >= 15 is 0 Å². The predicted octanol–water partition coefficient (Wildman–Crippen LogP) is 5.84. The van der Waals surface area contributed by atoms with Crippen LogP contribution in [0.1, 0.15) is 19.5 Å². The fourth-order valence-electron chi connectivity index (χ4n) is 3.47. The van der Waals surface area contributed by atoms with Gasteiger partial charge in [-0.15, -0.1) is 0 Å². The largest absolute Gasteiger partial charge is 0.494 e. The predicted molar refractivity (Wildman–Crippen MR) is 113 cm³/mol. The van der Waals surface area contributed by atoms with E-state index in [0.717, 1.165) is 29.1 Å². The van der Waals surface area contributed by atoms with Gasteiger partial charge >= 0.3 is 0 Å². The van der Waals surface area contributed by atoms with Gasteiger partial charge in [0.05, 0.1) is 12.8 Å². The second-order valence-corrected chi connectivity index (χ2v) is 7.57. The van der Waals surface area contributed by atoms with Gasteiger partial charge in [-0.25, -0.2) is 18.7 Å². The number of hydrogen-bond donors (Lipinski definition) is 0. The summed E-state index contributed by atoms with van der Waals surface area (Å²) in [6, 6.07) is 10.8. The molecular formula is C24H21F2N3O. The van der Waals surface area contributed by atoms with Crippen molar-refractivity contribution < 1.29 is 13.5 Å². The van der Waals surface area contributed by atoms with Crippen LogP contribution in [-0.2, 0) is 6.42 Å². The average molecular weight is 405 g/mol. The normalized spacial score (nSPS) is 11.3. The molecule has 0 fully saturated rings. The SMILES string of the molecule is COc1cc(-c2cc(F)cc(F)c2)cc2c(CC(C)C)nc(-c3cccnc3)nc12. The lowest BCUT2D eigenvalue weighted by atomic mass is 9.98. The second kappa shape index (κ2) is 8.14. The van der Waals surface area contributed by atoms with E-state index in [-0.39, 0.29) is 0 Å². The van der Waals surface area contributed by atoms with Gasteiger partial charge in [0.15, 0.2) is 5.82 Å². The monoisotopic (exact) mass is 405 g/mol. The van der Waals surface area contributed by atoms with Crippen LogP contribution in [0.15, 0.2) is 54.9 Å². The Morgan fingerprint density at radius 1 is 0.933 bits per heavy atom. The molecule has 0 N–H and O–H groups in total. The lowest BCUT2D eigenvalue weighted by Gasteiger charge is -2.15. The molecule has 2 aromatic heterocycles. The first kappa shape index (κ1) is 19.9. The first-order chi connectivity index (χ1) is 14.4. The van der Waals surface area contributed by atoms with Crippen LogP contribution in [0.5, 0.6) is 5.75 Å². The zero-order valence-corrected chi connectivity index (χ0v) is 17.0. The summed E-state index contributed by atoms with van der Waals surface area (Å²) in [4.78, 5) is 13.7. The van der Waals surface area contributed by atoms with Gasteiger partial charge in [-0.05, 0) is 59.9 Å². The van der Waals surface area contributed by atoms with E-state index in [9.17, 15) is 8.78 Å². The van der Waals surface area contributed by atoms with Crippen LogP contribution in [-0.4, -0.2) is 22.1 Å². The third kappa shape index (κ3) is 3.99. The van der Waals surface area contributed by atoms with Crippen LogP contribution in [0, 0.1) is 17.6 Å². The highest BCUT2D eigenvalue weighted by Gasteiger charge is 2.17. The smallest absolute Gasteiger partial charge is 0.161 e. The van der Waals surface area contributed by atoms with Crippen LogP contribution in [0.25, 0.3) is 33.4 Å². The molecule has 0 spiro atoms. The molecule has 0 aliphatic rings. The minimum absolute atomic E-state index is 0.353. The Labute approximate surface area is 173 Å². The highest BCUT2D eigenvalue weighted by molar-refractivity contribution is 5.92. The van der Waals surface area contributed by atoms with E-state index in [0.29, 0.717) is 34.1 Å². The summed E-state index contributed by atoms with van der Waals surface area (Å²) in [5.74, 6) is 0.175. The van der Waals surface area contributed by atoms with E-state index in [2.05, 4.69) is 18.8 Å². The summed E-state index contributed by atoms with van der Waals surface area (Å²) in [5.41, 5.74) is 3.39. The van der Waals surface area contributed by atoms with Gasteiger partial charge < -0.3 is 4.74 Å². The quantitative estimate of drug-likeness (QED) is 0.418. The molecule has 0 bridgehead atoms. The van der Waals surface area contributed by atoms with Crippen LogP contribution >= 0.6 is 0 Å². The van der Waals surface area contributed by atoms with E-state index in [1.54, 1.807) is 25.6 Å². The number of benzene rings is 2. The molecule has 30 heavy (non-hydrogen) atoms.